The molecular formula is C20H21N5OS. The molecule has 0 radical (unpaired) electrons. The predicted molar refractivity (Wildman–Crippen MR) is 109 cm³/mol. The zero-order valence-corrected chi connectivity index (χ0v) is 16.2. The number of aryl methyl sites for hydroxylation is 1. The van der Waals surface area contributed by atoms with E-state index in [0.717, 1.165) is 53.1 Å². The van der Waals surface area contributed by atoms with Crippen LogP contribution in [0.5, 0.6) is 0 Å². The standard InChI is InChI=1S/C20H21N5OS/c1-23-7-5-13(6-8-23)18-12-25-19(26)10-17(21-20(25)27-18)14-3-4-16-15(9-14)11-24(2)22-16/h3-4,9-13H,5-8H2,1-2H3. The summed E-state index contributed by atoms with van der Waals surface area (Å²) in [4.78, 5) is 21.9. The van der Waals surface area contributed by atoms with Crippen molar-refractivity contribution in [3.8, 4) is 11.3 Å². The first kappa shape index (κ1) is 16.6. The van der Waals surface area contributed by atoms with E-state index < -0.39 is 0 Å². The molecule has 0 atom stereocenters. The normalized spacial score (nSPS) is 16.5. The van der Waals surface area contributed by atoms with Crippen molar-refractivity contribution in [3.05, 3.63) is 51.9 Å². The van der Waals surface area contributed by atoms with Crippen LogP contribution in [0.1, 0.15) is 23.6 Å². The molecule has 5 rings (SSSR count). The Bertz CT molecular complexity index is 1200. The Labute approximate surface area is 160 Å². The minimum atomic E-state index is -0.0169. The maximum atomic E-state index is 12.7. The van der Waals surface area contributed by atoms with Crippen molar-refractivity contribution in [1.82, 2.24) is 24.1 Å². The number of aromatic nitrogens is 4. The van der Waals surface area contributed by atoms with Gasteiger partial charge in [0.1, 0.15) is 0 Å². The molecule has 1 aliphatic rings. The van der Waals surface area contributed by atoms with Gasteiger partial charge in [0.15, 0.2) is 4.96 Å². The van der Waals surface area contributed by atoms with Crippen molar-refractivity contribution in [1.29, 1.82) is 0 Å². The summed E-state index contributed by atoms with van der Waals surface area (Å²) < 4.78 is 3.50. The molecule has 1 fully saturated rings. The number of fused-ring (bicyclic) bond motifs is 2. The molecule has 0 spiro atoms. The van der Waals surface area contributed by atoms with Gasteiger partial charge in [0.05, 0.1) is 11.2 Å². The highest BCUT2D eigenvalue weighted by atomic mass is 32.1. The first-order valence-corrected chi connectivity index (χ1v) is 10.0. The van der Waals surface area contributed by atoms with Crippen molar-refractivity contribution < 1.29 is 0 Å². The third-order valence-electron chi connectivity index (χ3n) is 5.42. The van der Waals surface area contributed by atoms with Crippen LogP contribution >= 0.6 is 11.3 Å². The molecule has 1 saturated heterocycles. The highest BCUT2D eigenvalue weighted by Crippen LogP contribution is 2.32. The van der Waals surface area contributed by atoms with Crippen LogP contribution in [-0.2, 0) is 7.05 Å². The summed E-state index contributed by atoms with van der Waals surface area (Å²) in [7, 11) is 4.07. The summed E-state index contributed by atoms with van der Waals surface area (Å²) >= 11 is 1.65. The van der Waals surface area contributed by atoms with Crippen molar-refractivity contribution in [2.24, 2.45) is 7.05 Å². The second-order valence-electron chi connectivity index (χ2n) is 7.42. The molecule has 6 nitrogen and oxygen atoms in total. The molecule has 0 amide bonds. The van der Waals surface area contributed by atoms with Gasteiger partial charge in [-0.2, -0.15) is 5.10 Å². The number of benzene rings is 1. The molecule has 1 aliphatic heterocycles. The third kappa shape index (κ3) is 2.96. The van der Waals surface area contributed by atoms with Gasteiger partial charge in [-0.25, -0.2) is 4.98 Å². The Morgan fingerprint density at radius 1 is 1.11 bits per heavy atom. The van der Waals surface area contributed by atoms with Gasteiger partial charge in [0.25, 0.3) is 5.56 Å². The Morgan fingerprint density at radius 2 is 1.93 bits per heavy atom. The monoisotopic (exact) mass is 379 g/mol. The smallest absolute Gasteiger partial charge is 0.259 e. The maximum absolute atomic E-state index is 12.7. The number of likely N-dealkylation sites (tertiary alicyclic amines) is 1. The van der Waals surface area contributed by atoms with Gasteiger partial charge in [-0.15, -0.1) is 11.3 Å². The van der Waals surface area contributed by atoms with Crippen LogP contribution in [0.15, 0.2) is 41.5 Å². The average Bonchev–Trinajstić information content (AvgIpc) is 3.24. The second kappa shape index (κ2) is 6.28. The van der Waals surface area contributed by atoms with Crippen LogP contribution in [0.3, 0.4) is 0 Å². The van der Waals surface area contributed by atoms with E-state index in [1.807, 2.05) is 37.6 Å². The average molecular weight is 379 g/mol. The minimum absolute atomic E-state index is 0.0169. The van der Waals surface area contributed by atoms with E-state index in [0.29, 0.717) is 5.92 Å². The van der Waals surface area contributed by atoms with Crippen LogP contribution in [0.25, 0.3) is 27.1 Å². The highest BCUT2D eigenvalue weighted by Gasteiger charge is 2.21. The summed E-state index contributed by atoms with van der Waals surface area (Å²) in [6.45, 7) is 2.22. The number of nitrogens with zero attached hydrogens (tertiary/aromatic N) is 5. The number of hydrogen-bond acceptors (Lipinski definition) is 5. The van der Waals surface area contributed by atoms with Gasteiger partial charge in [-0.3, -0.25) is 13.9 Å². The Hall–Kier alpha value is -2.51. The van der Waals surface area contributed by atoms with E-state index in [1.54, 1.807) is 26.5 Å². The third-order valence-corrected chi connectivity index (χ3v) is 6.57. The zero-order chi connectivity index (χ0) is 18.5. The van der Waals surface area contributed by atoms with Crippen LogP contribution in [0.2, 0.25) is 0 Å². The van der Waals surface area contributed by atoms with E-state index >= 15 is 0 Å². The largest absolute Gasteiger partial charge is 0.306 e. The fraction of sp³-hybridized carbons (Fsp3) is 0.350. The maximum Gasteiger partial charge on any atom is 0.259 e. The van der Waals surface area contributed by atoms with E-state index in [-0.39, 0.29) is 5.56 Å². The van der Waals surface area contributed by atoms with E-state index in [9.17, 15) is 4.79 Å². The van der Waals surface area contributed by atoms with E-state index in [4.69, 9.17) is 4.98 Å². The van der Waals surface area contributed by atoms with Gasteiger partial charge in [-0.05, 0) is 51.0 Å². The first-order valence-electron chi connectivity index (χ1n) is 9.22. The molecule has 0 bridgehead atoms. The lowest BCUT2D eigenvalue weighted by Gasteiger charge is -2.27. The summed E-state index contributed by atoms with van der Waals surface area (Å²) in [5.74, 6) is 0.530. The molecule has 1 aromatic carbocycles. The molecule has 3 aromatic heterocycles. The Kier molecular flexibility index (Phi) is 3.87. The molecule has 27 heavy (non-hydrogen) atoms. The van der Waals surface area contributed by atoms with Gasteiger partial charge in [0, 0.05) is 41.3 Å². The van der Waals surface area contributed by atoms with Crippen LogP contribution in [0, 0.1) is 0 Å². The van der Waals surface area contributed by atoms with Crippen LogP contribution < -0.4 is 5.56 Å². The summed E-state index contributed by atoms with van der Waals surface area (Å²) in [6.07, 6.45) is 6.26. The lowest BCUT2D eigenvalue weighted by molar-refractivity contribution is 0.256. The van der Waals surface area contributed by atoms with E-state index in [1.165, 1.54) is 4.88 Å². The predicted octanol–water partition coefficient (Wildman–Crippen LogP) is 3.12. The van der Waals surface area contributed by atoms with Crippen LogP contribution in [-0.4, -0.2) is 44.2 Å². The molecular weight excluding hydrogens is 358 g/mol. The molecule has 0 unspecified atom stereocenters. The van der Waals surface area contributed by atoms with Gasteiger partial charge in [0.2, 0.25) is 0 Å². The SMILES string of the molecule is CN1CCC(c2cn3c(=O)cc(-c4ccc5nn(C)cc5c4)nc3s2)CC1. The van der Waals surface area contributed by atoms with Crippen molar-refractivity contribution in [2.75, 3.05) is 20.1 Å². The molecule has 4 heterocycles. The van der Waals surface area contributed by atoms with Crippen molar-refractivity contribution in [2.45, 2.75) is 18.8 Å². The molecule has 7 heteroatoms. The van der Waals surface area contributed by atoms with Gasteiger partial charge >= 0.3 is 0 Å². The lowest BCUT2D eigenvalue weighted by atomic mass is 9.96. The Balaban J connectivity index is 1.56. The number of hydrogen-bond donors (Lipinski definition) is 0. The fourth-order valence-electron chi connectivity index (χ4n) is 3.86. The molecule has 0 aliphatic carbocycles. The Morgan fingerprint density at radius 3 is 2.74 bits per heavy atom. The molecule has 0 N–H and O–H groups in total. The molecule has 0 saturated carbocycles. The van der Waals surface area contributed by atoms with Gasteiger partial charge < -0.3 is 4.90 Å². The number of piperidine rings is 1. The lowest BCUT2D eigenvalue weighted by Crippen LogP contribution is -2.28. The van der Waals surface area contributed by atoms with Crippen molar-refractivity contribution in [3.63, 3.8) is 0 Å². The molecule has 138 valence electrons. The number of rotatable bonds is 2. The summed E-state index contributed by atoms with van der Waals surface area (Å²) in [5.41, 5.74) is 2.60. The number of thiazole rings is 1. The molecule has 4 aromatic rings. The second-order valence-corrected chi connectivity index (χ2v) is 8.46. The minimum Gasteiger partial charge on any atom is -0.306 e. The summed E-state index contributed by atoms with van der Waals surface area (Å²) in [6, 6.07) is 7.65. The zero-order valence-electron chi connectivity index (χ0n) is 15.4. The first-order chi connectivity index (χ1) is 13.1. The quantitative estimate of drug-likeness (QED) is 0.537. The van der Waals surface area contributed by atoms with E-state index in [2.05, 4.69) is 17.0 Å². The fourth-order valence-corrected chi connectivity index (χ4v) is 5.01. The topological polar surface area (TPSA) is 55.4 Å². The highest BCUT2D eigenvalue weighted by molar-refractivity contribution is 7.17. The van der Waals surface area contributed by atoms with Crippen molar-refractivity contribution >= 4 is 27.2 Å². The van der Waals surface area contributed by atoms with Crippen LogP contribution in [0.4, 0.5) is 0 Å². The van der Waals surface area contributed by atoms with Gasteiger partial charge in [-0.1, -0.05) is 6.07 Å². The summed E-state index contributed by atoms with van der Waals surface area (Å²) in [5, 5.41) is 5.46.